The molecule has 5 nitrogen and oxygen atoms in total. The zero-order valence-corrected chi connectivity index (χ0v) is 11.1. The van der Waals surface area contributed by atoms with Crippen LogP contribution in [-0.2, 0) is 4.74 Å². The van der Waals surface area contributed by atoms with Gasteiger partial charge in [-0.3, -0.25) is 0 Å². The lowest BCUT2D eigenvalue weighted by Gasteiger charge is -2.33. The van der Waals surface area contributed by atoms with E-state index in [-0.39, 0.29) is 24.8 Å². The number of ether oxygens (including phenoxy) is 1. The highest BCUT2D eigenvalue weighted by Gasteiger charge is 2.34. The van der Waals surface area contributed by atoms with Gasteiger partial charge in [-0.25, -0.2) is 4.79 Å². The molecule has 2 rings (SSSR count). The Labute approximate surface area is 108 Å². The maximum absolute atomic E-state index is 12.2. The third-order valence-corrected chi connectivity index (χ3v) is 3.90. The summed E-state index contributed by atoms with van der Waals surface area (Å²) >= 11 is 0. The van der Waals surface area contributed by atoms with E-state index in [4.69, 9.17) is 9.84 Å². The highest BCUT2D eigenvalue weighted by atomic mass is 16.5. The Hall–Kier alpha value is -0.810. The number of rotatable bonds is 5. The summed E-state index contributed by atoms with van der Waals surface area (Å²) in [6, 6.07) is 0.415. The van der Waals surface area contributed by atoms with E-state index in [9.17, 15) is 4.79 Å². The van der Waals surface area contributed by atoms with Crippen LogP contribution in [0.2, 0.25) is 0 Å². The molecule has 0 bridgehead atoms. The van der Waals surface area contributed by atoms with E-state index in [1.54, 1.807) is 12.0 Å². The summed E-state index contributed by atoms with van der Waals surface area (Å²) in [5.74, 6) is 0. The lowest BCUT2D eigenvalue weighted by atomic mass is 9.92. The van der Waals surface area contributed by atoms with Crippen LogP contribution in [-0.4, -0.2) is 54.5 Å². The molecule has 18 heavy (non-hydrogen) atoms. The molecule has 2 aliphatic rings. The molecule has 0 radical (unpaired) electrons. The Morgan fingerprint density at radius 3 is 2.67 bits per heavy atom. The van der Waals surface area contributed by atoms with Crippen molar-refractivity contribution in [2.75, 3.05) is 20.3 Å². The summed E-state index contributed by atoms with van der Waals surface area (Å²) < 4.78 is 5.44. The Morgan fingerprint density at radius 1 is 1.33 bits per heavy atom. The fraction of sp³-hybridized carbons (Fsp3) is 0.923. The lowest BCUT2D eigenvalue weighted by molar-refractivity contribution is 0.0425. The Balaban J connectivity index is 1.87. The van der Waals surface area contributed by atoms with Gasteiger partial charge in [0.25, 0.3) is 0 Å². The number of aliphatic hydroxyl groups excluding tert-OH is 1. The summed E-state index contributed by atoms with van der Waals surface area (Å²) in [6.45, 7) is 0.461. The van der Waals surface area contributed by atoms with Crippen LogP contribution in [0, 0.1) is 0 Å². The number of hydrogen-bond acceptors (Lipinski definition) is 3. The molecule has 2 atom stereocenters. The topological polar surface area (TPSA) is 61.8 Å². The number of amides is 2. The van der Waals surface area contributed by atoms with Crippen molar-refractivity contribution in [3.63, 3.8) is 0 Å². The minimum Gasteiger partial charge on any atom is -0.395 e. The first-order valence-electron chi connectivity index (χ1n) is 6.97. The van der Waals surface area contributed by atoms with Crippen molar-refractivity contribution in [3.8, 4) is 0 Å². The van der Waals surface area contributed by atoms with Crippen molar-refractivity contribution in [1.29, 1.82) is 0 Å². The SMILES string of the molecule is CO[C@@H]1CCCC[C@H]1NC(=O)N(CCO)C1CC1. The standard InChI is InChI=1S/C13H24N2O3/c1-18-12-5-3-2-4-11(12)14-13(17)15(8-9-16)10-6-7-10/h10-12,16H,2-9H2,1H3,(H,14,17)/t11-,12-/m1/s1. The van der Waals surface area contributed by atoms with Crippen molar-refractivity contribution in [2.45, 2.75) is 56.7 Å². The molecule has 2 N–H and O–H groups in total. The molecule has 2 amide bonds. The molecule has 0 aliphatic heterocycles. The van der Waals surface area contributed by atoms with Gasteiger partial charge in [-0.1, -0.05) is 12.8 Å². The number of hydrogen-bond donors (Lipinski definition) is 2. The quantitative estimate of drug-likeness (QED) is 0.774. The van der Waals surface area contributed by atoms with Gasteiger partial charge in [0.2, 0.25) is 0 Å². The highest BCUT2D eigenvalue weighted by molar-refractivity contribution is 5.75. The van der Waals surface area contributed by atoms with Gasteiger partial charge in [0.1, 0.15) is 0 Å². The van der Waals surface area contributed by atoms with E-state index in [1.807, 2.05) is 0 Å². The molecular weight excluding hydrogens is 232 g/mol. The first-order chi connectivity index (χ1) is 8.76. The van der Waals surface area contributed by atoms with Crippen LogP contribution >= 0.6 is 0 Å². The van der Waals surface area contributed by atoms with E-state index in [1.165, 1.54) is 6.42 Å². The first kappa shape index (κ1) is 13.6. The molecule has 0 aromatic heterocycles. The maximum atomic E-state index is 12.2. The summed E-state index contributed by atoms with van der Waals surface area (Å²) in [5.41, 5.74) is 0. The maximum Gasteiger partial charge on any atom is 0.318 e. The minimum atomic E-state index is -0.0412. The summed E-state index contributed by atoms with van der Waals surface area (Å²) in [5, 5.41) is 12.1. The summed E-state index contributed by atoms with van der Waals surface area (Å²) in [4.78, 5) is 14.0. The number of aliphatic hydroxyl groups is 1. The van der Waals surface area contributed by atoms with Crippen LogP contribution in [0.4, 0.5) is 4.79 Å². The third kappa shape index (κ3) is 3.36. The fourth-order valence-electron chi connectivity index (χ4n) is 2.73. The van der Waals surface area contributed by atoms with Crippen molar-refractivity contribution in [2.24, 2.45) is 0 Å². The second kappa shape index (κ2) is 6.38. The van der Waals surface area contributed by atoms with E-state index < -0.39 is 0 Å². The van der Waals surface area contributed by atoms with Gasteiger partial charge < -0.3 is 20.1 Å². The van der Waals surface area contributed by atoms with Gasteiger partial charge in [-0.05, 0) is 25.7 Å². The zero-order valence-electron chi connectivity index (χ0n) is 11.1. The molecule has 2 aliphatic carbocycles. The smallest absolute Gasteiger partial charge is 0.318 e. The van der Waals surface area contributed by atoms with Gasteiger partial charge in [0.05, 0.1) is 18.8 Å². The van der Waals surface area contributed by atoms with Gasteiger partial charge in [0, 0.05) is 19.7 Å². The minimum absolute atomic E-state index is 0.0301. The van der Waals surface area contributed by atoms with E-state index in [2.05, 4.69) is 5.32 Å². The molecule has 5 heteroatoms. The molecule has 0 heterocycles. The average Bonchev–Trinajstić information content (AvgIpc) is 3.20. The number of methoxy groups -OCH3 is 1. The van der Waals surface area contributed by atoms with Crippen LogP contribution in [0.25, 0.3) is 0 Å². The summed E-state index contributed by atoms with van der Waals surface area (Å²) in [7, 11) is 1.71. The van der Waals surface area contributed by atoms with Crippen molar-refractivity contribution >= 4 is 6.03 Å². The molecule has 0 saturated heterocycles. The van der Waals surface area contributed by atoms with E-state index in [0.29, 0.717) is 12.6 Å². The Bertz CT molecular complexity index is 281. The number of nitrogens with one attached hydrogen (secondary N) is 1. The molecule has 2 saturated carbocycles. The lowest BCUT2D eigenvalue weighted by Crippen LogP contribution is -2.52. The molecule has 2 fully saturated rings. The summed E-state index contributed by atoms with van der Waals surface area (Å²) in [6.07, 6.45) is 6.59. The number of carbonyl (C=O) groups is 1. The Morgan fingerprint density at radius 2 is 2.06 bits per heavy atom. The van der Waals surface area contributed by atoms with Gasteiger partial charge in [0.15, 0.2) is 0 Å². The predicted molar refractivity (Wildman–Crippen MR) is 68.4 cm³/mol. The van der Waals surface area contributed by atoms with Crippen LogP contribution in [0.3, 0.4) is 0 Å². The number of urea groups is 1. The third-order valence-electron chi connectivity index (χ3n) is 3.90. The monoisotopic (exact) mass is 256 g/mol. The van der Waals surface area contributed by atoms with Crippen LogP contribution in [0.1, 0.15) is 38.5 Å². The van der Waals surface area contributed by atoms with Crippen LogP contribution in [0.5, 0.6) is 0 Å². The van der Waals surface area contributed by atoms with Gasteiger partial charge >= 0.3 is 6.03 Å². The van der Waals surface area contributed by atoms with Gasteiger partial charge in [-0.2, -0.15) is 0 Å². The number of nitrogens with zero attached hydrogens (tertiary/aromatic N) is 1. The van der Waals surface area contributed by atoms with Crippen molar-refractivity contribution in [1.82, 2.24) is 10.2 Å². The Kier molecular flexibility index (Phi) is 4.83. The molecular formula is C13H24N2O3. The molecule has 0 unspecified atom stereocenters. The largest absolute Gasteiger partial charge is 0.395 e. The second-order valence-electron chi connectivity index (χ2n) is 5.26. The van der Waals surface area contributed by atoms with E-state index in [0.717, 1.165) is 32.1 Å². The second-order valence-corrected chi connectivity index (χ2v) is 5.26. The first-order valence-corrected chi connectivity index (χ1v) is 6.97. The van der Waals surface area contributed by atoms with Crippen LogP contribution < -0.4 is 5.32 Å². The zero-order chi connectivity index (χ0) is 13.0. The highest BCUT2D eigenvalue weighted by Crippen LogP contribution is 2.27. The number of carbonyl (C=O) groups excluding carboxylic acids is 1. The molecule has 0 spiro atoms. The molecule has 104 valence electrons. The molecule has 0 aromatic carbocycles. The molecule has 0 aromatic rings. The predicted octanol–water partition coefficient (Wildman–Crippen LogP) is 1.11. The van der Waals surface area contributed by atoms with Gasteiger partial charge in [-0.15, -0.1) is 0 Å². The van der Waals surface area contributed by atoms with Crippen molar-refractivity contribution < 1.29 is 14.6 Å². The van der Waals surface area contributed by atoms with Crippen molar-refractivity contribution in [3.05, 3.63) is 0 Å². The van der Waals surface area contributed by atoms with Crippen LogP contribution in [0.15, 0.2) is 0 Å². The fourth-order valence-corrected chi connectivity index (χ4v) is 2.73. The van der Waals surface area contributed by atoms with E-state index >= 15 is 0 Å². The average molecular weight is 256 g/mol. The normalized spacial score (nSPS) is 27.9.